The number of anilines is 1. The Morgan fingerprint density at radius 3 is 2.07 bits per heavy atom. The van der Waals surface area contributed by atoms with E-state index in [-0.39, 0.29) is 23.4 Å². The topological polar surface area (TPSA) is 112 Å². The van der Waals surface area contributed by atoms with E-state index in [1.165, 1.54) is 12.1 Å². The van der Waals surface area contributed by atoms with E-state index in [0.717, 1.165) is 11.1 Å². The molecule has 4 N–H and O–H groups in total. The fourth-order valence-corrected chi connectivity index (χ4v) is 4.11. The number of rotatable bonds is 10. The van der Waals surface area contributed by atoms with E-state index in [0.29, 0.717) is 16.8 Å². The Hall–Kier alpha value is -4.23. The highest BCUT2D eigenvalue weighted by Gasteiger charge is 2.75. The molecule has 0 aliphatic heterocycles. The lowest BCUT2D eigenvalue weighted by Crippen LogP contribution is -2.22. The monoisotopic (exact) mass is 569 g/mol. The van der Waals surface area contributed by atoms with Crippen molar-refractivity contribution in [2.75, 3.05) is 5.32 Å². The predicted octanol–water partition coefficient (Wildman–Crippen LogP) is 7.72. The fraction of sp³-hybridized carbons (Fsp3) is 0.375. The van der Waals surface area contributed by atoms with Crippen molar-refractivity contribution in [2.24, 2.45) is 11.8 Å². The number of carbonyl (C=O) groups is 2. The average Bonchev–Trinajstić information content (AvgIpc) is 3.55. The van der Waals surface area contributed by atoms with Gasteiger partial charge in [0.15, 0.2) is 0 Å². The van der Waals surface area contributed by atoms with Gasteiger partial charge >= 0.3 is 5.97 Å². The van der Waals surface area contributed by atoms with Crippen molar-refractivity contribution in [3.05, 3.63) is 89.1 Å². The smallest absolute Gasteiger partial charge is 0.313 e. The summed E-state index contributed by atoms with van der Waals surface area (Å²) >= 11 is 0. The van der Waals surface area contributed by atoms with Gasteiger partial charge in [-0.2, -0.15) is 0 Å². The van der Waals surface area contributed by atoms with Crippen LogP contribution < -0.4 is 10.6 Å². The molecule has 2 aromatic rings. The van der Waals surface area contributed by atoms with Crippen LogP contribution in [0.4, 0.5) is 14.5 Å². The number of benzene rings is 2. The Labute approximate surface area is 241 Å². The number of halogens is 2. The summed E-state index contributed by atoms with van der Waals surface area (Å²) in [6.45, 7) is 19.0. The molecule has 1 aliphatic carbocycles. The molecule has 1 fully saturated rings. The van der Waals surface area contributed by atoms with Crippen LogP contribution in [0.25, 0.3) is 5.57 Å². The van der Waals surface area contributed by atoms with Crippen LogP contribution in [0, 0.1) is 24.2 Å². The largest absolute Gasteiger partial charge is 0.481 e. The van der Waals surface area contributed by atoms with Crippen molar-refractivity contribution in [3.63, 3.8) is 0 Å². The minimum Gasteiger partial charge on any atom is -0.481 e. The van der Waals surface area contributed by atoms with Gasteiger partial charge in [0, 0.05) is 5.69 Å². The number of amides is 1. The number of hydrogen-bond acceptors (Lipinski definition) is 5. The van der Waals surface area contributed by atoms with Crippen LogP contribution >= 0.6 is 0 Å². The first kappa shape index (κ1) is 34.8. The van der Waals surface area contributed by atoms with Gasteiger partial charge in [-0.05, 0) is 62.1 Å². The van der Waals surface area contributed by atoms with E-state index in [2.05, 4.69) is 22.9 Å². The molecule has 0 heterocycles. The lowest BCUT2D eigenvalue weighted by Gasteiger charge is -2.21. The normalized spacial score (nSPS) is 17.4. The summed E-state index contributed by atoms with van der Waals surface area (Å²) in [6, 6.07) is 14.2. The van der Waals surface area contributed by atoms with E-state index in [1.54, 1.807) is 26.0 Å². The van der Waals surface area contributed by atoms with Crippen molar-refractivity contribution in [1.82, 2.24) is 5.32 Å². The molecule has 0 saturated heterocycles. The minimum atomic E-state index is -3.56. The van der Waals surface area contributed by atoms with Crippen LogP contribution in [0.3, 0.4) is 0 Å². The van der Waals surface area contributed by atoms with Gasteiger partial charge < -0.3 is 25.9 Å². The molecular weight excluding hydrogens is 528 g/mol. The van der Waals surface area contributed by atoms with E-state index in [9.17, 15) is 18.4 Å². The molecule has 0 radical (unpaired) electrons. The number of alkyl halides is 2. The standard InChI is InChI=1S/C28H29F2N3O4.2C2H6/c1-6-22(37-18(5)21-10-8-7-9-15(21)2)33-25(17(4)31)16(3)19-11-13-20(14-12-19)32-26(34)23-24(27(35)36)28(23,29)30;2*1-2/h7-14,18,23-24,31,33H,1H2,2-5H3,(H,32,34)(H,35,36);2*1-2H3/b25-16-,31-17?;;. The van der Waals surface area contributed by atoms with Gasteiger partial charge in [0.05, 0.1) is 11.4 Å². The van der Waals surface area contributed by atoms with E-state index in [1.807, 2.05) is 65.8 Å². The summed E-state index contributed by atoms with van der Waals surface area (Å²) in [7, 11) is 0. The van der Waals surface area contributed by atoms with Crippen molar-refractivity contribution in [3.8, 4) is 0 Å². The van der Waals surface area contributed by atoms with Gasteiger partial charge in [0.1, 0.15) is 17.9 Å². The third kappa shape index (κ3) is 8.63. The van der Waals surface area contributed by atoms with E-state index in [4.69, 9.17) is 15.3 Å². The second-order valence-electron chi connectivity index (χ2n) is 8.91. The molecule has 9 heteroatoms. The van der Waals surface area contributed by atoms with E-state index < -0.39 is 29.6 Å². The number of aryl methyl sites for hydroxylation is 1. The zero-order chi connectivity index (χ0) is 31.5. The maximum atomic E-state index is 13.6. The highest BCUT2D eigenvalue weighted by atomic mass is 19.3. The second kappa shape index (κ2) is 15.5. The van der Waals surface area contributed by atoms with Gasteiger partial charge in [-0.25, -0.2) is 8.78 Å². The van der Waals surface area contributed by atoms with Crippen LogP contribution in [-0.2, 0) is 14.3 Å². The Kier molecular flexibility index (Phi) is 13.2. The molecule has 0 spiro atoms. The lowest BCUT2D eigenvalue weighted by atomic mass is 10.0. The molecule has 3 rings (SSSR count). The van der Waals surface area contributed by atoms with Gasteiger partial charge in [-0.3, -0.25) is 9.59 Å². The van der Waals surface area contributed by atoms with Crippen molar-refractivity contribution >= 4 is 28.8 Å². The zero-order valence-electron chi connectivity index (χ0n) is 25.0. The number of nitrogens with one attached hydrogen (secondary N) is 3. The molecule has 1 amide bonds. The van der Waals surface area contributed by atoms with Crippen LogP contribution in [0.2, 0.25) is 0 Å². The zero-order valence-corrected chi connectivity index (χ0v) is 25.0. The fourth-order valence-electron chi connectivity index (χ4n) is 4.11. The van der Waals surface area contributed by atoms with Gasteiger partial charge in [0.2, 0.25) is 11.8 Å². The lowest BCUT2D eigenvalue weighted by molar-refractivity contribution is -0.141. The van der Waals surface area contributed by atoms with Crippen molar-refractivity contribution in [1.29, 1.82) is 5.41 Å². The number of aliphatic carboxylic acids is 1. The highest BCUT2D eigenvalue weighted by Crippen LogP contribution is 2.55. The molecule has 7 nitrogen and oxygen atoms in total. The van der Waals surface area contributed by atoms with Gasteiger partial charge in [-0.15, -0.1) is 0 Å². The minimum absolute atomic E-state index is 0.227. The van der Waals surface area contributed by atoms with E-state index >= 15 is 0 Å². The number of carboxylic acids is 1. The number of ether oxygens (including phenoxy) is 1. The molecular formula is C32H41F2N3O4. The van der Waals surface area contributed by atoms with Gasteiger partial charge in [0.25, 0.3) is 5.92 Å². The molecule has 1 saturated carbocycles. The number of allylic oxidation sites excluding steroid dienone is 2. The highest BCUT2D eigenvalue weighted by molar-refractivity contribution is 6.03. The van der Waals surface area contributed by atoms with Crippen LogP contribution in [0.15, 0.2) is 72.4 Å². The molecule has 41 heavy (non-hydrogen) atoms. The third-order valence-corrected chi connectivity index (χ3v) is 6.26. The molecule has 1 aliphatic rings. The number of carboxylic acid groups (broad SMARTS) is 1. The number of carbonyl (C=O) groups excluding carboxylic acids is 1. The Morgan fingerprint density at radius 2 is 1.61 bits per heavy atom. The maximum absolute atomic E-state index is 13.6. The Morgan fingerprint density at radius 1 is 1.05 bits per heavy atom. The molecule has 0 aromatic heterocycles. The average molecular weight is 570 g/mol. The number of hydrogen-bond donors (Lipinski definition) is 4. The van der Waals surface area contributed by atoms with Crippen molar-refractivity contribution < 1.29 is 28.2 Å². The predicted molar refractivity (Wildman–Crippen MR) is 160 cm³/mol. The summed E-state index contributed by atoms with van der Waals surface area (Å²) < 4.78 is 33.3. The molecule has 222 valence electrons. The quantitative estimate of drug-likeness (QED) is 0.133. The van der Waals surface area contributed by atoms with Crippen LogP contribution in [0.1, 0.15) is 71.3 Å². The third-order valence-electron chi connectivity index (χ3n) is 6.26. The molecule has 3 atom stereocenters. The summed E-state index contributed by atoms with van der Waals surface area (Å²) in [5, 5.41) is 22.5. The van der Waals surface area contributed by atoms with Crippen LogP contribution in [0.5, 0.6) is 0 Å². The van der Waals surface area contributed by atoms with Crippen LogP contribution in [-0.4, -0.2) is 28.6 Å². The molecule has 3 unspecified atom stereocenters. The maximum Gasteiger partial charge on any atom is 0.313 e. The Balaban J connectivity index is 0.00000201. The summed E-state index contributed by atoms with van der Waals surface area (Å²) in [6.07, 6.45) is -0.298. The Bertz CT molecular complexity index is 1310. The van der Waals surface area contributed by atoms with Gasteiger partial charge in [-0.1, -0.05) is 76.4 Å². The van der Waals surface area contributed by atoms with Crippen molar-refractivity contribution in [2.45, 2.75) is 67.4 Å². The molecule has 2 aromatic carbocycles. The first-order valence-electron chi connectivity index (χ1n) is 13.6. The first-order valence-corrected chi connectivity index (χ1v) is 13.6. The summed E-state index contributed by atoms with van der Waals surface area (Å²) in [5.74, 6) is -9.96. The summed E-state index contributed by atoms with van der Waals surface area (Å²) in [4.78, 5) is 23.1. The summed E-state index contributed by atoms with van der Waals surface area (Å²) in [5.41, 5.74) is 7.12. The first-order chi connectivity index (χ1) is 19.4. The SMILES string of the molecule is C=C=C(N/C(C(C)=N)=C(/C)c1ccc(NC(=O)C2C(C(=O)O)C2(F)F)cc1)OC(C)c1ccccc1C.CC.CC. The molecule has 0 bridgehead atoms. The second-order valence-corrected chi connectivity index (χ2v) is 8.91.